The zero-order chi connectivity index (χ0) is 17.9. The number of nitrogens with one attached hydrogen (secondary N) is 1. The molecule has 1 aliphatic carbocycles. The van der Waals surface area contributed by atoms with Crippen molar-refractivity contribution in [2.75, 3.05) is 0 Å². The van der Waals surface area contributed by atoms with Crippen LogP contribution in [0.3, 0.4) is 0 Å². The van der Waals surface area contributed by atoms with Crippen LogP contribution in [0.4, 0.5) is 17.6 Å². The molecular formula is C17H24F4N2O. The summed E-state index contributed by atoms with van der Waals surface area (Å²) in [5.74, 6) is -0.677. The van der Waals surface area contributed by atoms with Crippen molar-refractivity contribution in [2.45, 2.75) is 57.6 Å². The second-order valence-electron chi connectivity index (χ2n) is 6.62. The van der Waals surface area contributed by atoms with E-state index in [-0.39, 0.29) is 24.1 Å². The van der Waals surface area contributed by atoms with Gasteiger partial charge in [0, 0.05) is 18.5 Å². The number of alkyl halides is 3. The maximum Gasteiger partial charge on any atom is 0.416 e. The molecular weight excluding hydrogens is 324 g/mol. The van der Waals surface area contributed by atoms with Crippen molar-refractivity contribution in [2.24, 2.45) is 17.6 Å². The second kappa shape index (κ2) is 7.80. The second-order valence-corrected chi connectivity index (χ2v) is 6.62. The molecule has 0 aliphatic heterocycles. The van der Waals surface area contributed by atoms with Gasteiger partial charge in [-0.05, 0) is 42.5 Å². The van der Waals surface area contributed by atoms with Crippen molar-refractivity contribution < 1.29 is 22.7 Å². The molecule has 0 radical (unpaired) electrons. The van der Waals surface area contributed by atoms with E-state index in [1.54, 1.807) is 0 Å². The van der Waals surface area contributed by atoms with E-state index in [2.05, 4.69) is 12.2 Å². The monoisotopic (exact) mass is 348 g/mol. The van der Waals surface area contributed by atoms with Gasteiger partial charge >= 0.3 is 6.18 Å². The molecule has 136 valence electrons. The van der Waals surface area contributed by atoms with Gasteiger partial charge in [0.15, 0.2) is 0 Å². The van der Waals surface area contributed by atoms with Crippen LogP contribution in [0.5, 0.6) is 0 Å². The van der Waals surface area contributed by atoms with Crippen LogP contribution in [0.2, 0.25) is 0 Å². The summed E-state index contributed by atoms with van der Waals surface area (Å²) < 4.78 is 51.6. The minimum absolute atomic E-state index is 0.0319. The van der Waals surface area contributed by atoms with E-state index in [0.717, 1.165) is 31.4 Å². The van der Waals surface area contributed by atoms with Crippen LogP contribution in [0.15, 0.2) is 18.2 Å². The summed E-state index contributed by atoms with van der Waals surface area (Å²) in [6, 6.07) is 2.44. The predicted octanol–water partition coefficient (Wildman–Crippen LogP) is 3.41. The lowest BCUT2D eigenvalue weighted by molar-refractivity contribution is -0.137. The van der Waals surface area contributed by atoms with Gasteiger partial charge in [-0.15, -0.1) is 0 Å². The standard InChI is InChI=1S/C17H24F4N2O/c1-2-3-11-6-14(22)8-15(11)16(24)23-9-10-4-12(17(19,20)21)7-13(18)5-10/h4-5,7,11,14-16,23-24H,2-3,6,8-9,22H2,1H3/t11?,14-,15-,16?/m1/s1. The molecule has 0 spiro atoms. The number of benzene rings is 1. The van der Waals surface area contributed by atoms with Crippen LogP contribution >= 0.6 is 0 Å². The Hall–Kier alpha value is -1.18. The fourth-order valence-electron chi connectivity index (χ4n) is 3.58. The Morgan fingerprint density at radius 2 is 2.00 bits per heavy atom. The Balaban J connectivity index is 2.01. The van der Waals surface area contributed by atoms with Gasteiger partial charge < -0.3 is 10.8 Å². The third kappa shape index (κ3) is 4.91. The van der Waals surface area contributed by atoms with Crippen LogP contribution in [-0.2, 0) is 12.7 Å². The fourth-order valence-corrected chi connectivity index (χ4v) is 3.58. The smallest absolute Gasteiger partial charge is 0.378 e. The first kappa shape index (κ1) is 19.1. The van der Waals surface area contributed by atoms with Crippen LogP contribution in [0.1, 0.15) is 43.7 Å². The highest BCUT2D eigenvalue weighted by molar-refractivity contribution is 5.26. The van der Waals surface area contributed by atoms with Gasteiger partial charge in [-0.3, -0.25) is 5.32 Å². The largest absolute Gasteiger partial charge is 0.416 e. The van der Waals surface area contributed by atoms with Crippen molar-refractivity contribution in [3.63, 3.8) is 0 Å². The van der Waals surface area contributed by atoms with Gasteiger partial charge in [0.2, 0.25) is 0 Å². The molecule has 0 amide bonds. The zero-order valence-electron chi connectivity index (χ0n) is 13.6. The molecule has 2 unspecified atom stereocenters. The highest BCUT2D eigenvalue weighted by atomic mass is 19.4. The minimum atomic E-state index is -4.60. The molecule has 1 aliphatic rings. The summed E-state index contributed by atoms with van der Waals surface area (Å²) in [4.78, 5) is 0. The molecule has 24 heavy (non-hydrogen) atoms. The number of hydrogen-bond donors (Lipinski definition) is 3. The van der Waals surface area contributed by atoms with Gasteiger partial charge in [-0.25, -0.2) is 4.39 Å². The van der Waals surface area contributed by atoms with Crippen LogP contribution in [0.25, 0.3) is 0 Å². The van der Waals surface area contributed by atoms with Gasteiger partial charge in [-0.1, -0.05) is 19.8 Å². The van der Waals surface area contributed by atoms with E-state index in [0.29, 0.717) is 18.4 Å². The number of hydrogen-bond acceptors (Lipinski definition) is 3. The Labute approximate surface area is 139 Å². The molecule has 7 heteroatoms. The molecule has 0 bridgehead atoms. The van der Waals surface area contributed by atoms with E-state index < -0.39 is 23.8 Å². The van der Waals surface area contributed by atoms with Crippen molar-refractivity contribution in [1.29, 1.82) is 0 Å². The number of aliphatic hydroxyl groups excluding tert-OH is 1. The highest BCUT2D eigenvalue weighted by Gasteiger charge is 2.36. The molecule has 0 saturated heterocycles. The summed E-state index contributed by atoms with van der Waals surface area (Å²) in [5.41, 5.74) is 5.09. The first-order valence-electron chi connectivity index (χ1n) is 8.24. The quantitative estimate of drug-likeness (QED) is 0.545. The summed E-state index contributed by atoms with van der Waals surface area (Å²) >= 11 is 0. The molecule has 1 aromatic carbocycles. The minimum Gasteiger partial charge on any atom is -0.378 e. The average molecular weight is 348 g/mol. The summed E-state index contributed by atoms with van der Waals surface area (Å²) in [5, 5.41) is 13.2. The van der Waals surface area contributed by atoms with Crippen LogP contribution < -0.4 is 11.1 Å². The molecule has 1 aromatic rings. The van der Waals surface area contributed by atoms with Crippen LogP contribution in [-0.4, -0.2) is 17.4 Å². The number of rotatable bonds is 6. The SMILES string of the molecule is CCCC1C[C@@H](N)C[C@H]1C(O)NCc1cc(F)cc(C(F)(F)F)c1. The lowest BCUT2D eigenvalue weighted by Gasteiger charge is -2.25. The fraction of sp³-hybridized carbons (Fsp3) is 0.647. The first-order chi connectivity index (χ1) is 11.2. The number of nitrogens with two attached hydrogens (primary N) is 1. The van der Waals surface area contributed by atoms with Gasteiger partial charge in [0.1, 0.15) is 12.0 Å². The maximum atomic E-state index is 13.4. The average Bonchev–Trinajstić information content (AvgIpc) is 2.84. The summed E-state index contributed by atoms with van der Waals surface area (Å²) in [7, 11) is 0. The van der Waals surface area contributed by atoms with Gasteiger partial charge in [0.25, 0.3) is 0 Å². The van der Waals surface area contributed by atoms with Crippen molar-refractivity contribution in [1.82, 2.24) is 5.32 Å². The summed E-state index contributed by atoms with van der Waals surface area (Å²) in [6.07, 6.45) is -2.01. The summed E-state index contributed by atoms with van der Waals surface area (Å²) in [6.45, 7) is 2.03. The molecule has 3 nitrogen and oxygen atoms in total. The maximum absolute atomic E-state index is 13.4. The third-order valence-electron chi connectivity index (χ3n) is 4.65. The molecule has 1 fully saturated rings. The number of aliphatic hydroxyl groups is 1. The van der Waals surface area contributed by atoms with E-state index in [4.69, 9.17) is 5.73 Å². The number of halogens is 4. The molecule has 4 N–H and O–H groups in total. The Morgan fingerprint density at radius 1 is 1.29 bits per heavy atom. The van der Waals surface area contributed by atoms with E-state index in [1.165, 1.54) is 0 Å². The third-order valence-corrected chi connectivity index (χ3v) is 4.65. The predicted molar refractivity (Wildman–Crippen MR) is 83.3 cm³/mol. The van der Waals surface area contributed by atoms with Crippen LogP contribution in [0, 0.1) is 17.7 Å². The van der Waals surface area contributed by atoms with Gasteiger partial charge in [-0.2, -0.15) is 13.2 Å². The molecule has 1 saturated carbocycles. The van der Waals surface area contributed by atoms with E-state index in [1.807, 2.05) is 0 Å². The first-order valence-corrected chi connectivity index (χ1v) is 8.24. The topological polar surface area (TPSA) is 58.3 Å². The Morgan fingerprint density at radius 3 is 2.62 bits per heavy atom. The van der Waals surface area contributed by atoms with E-state index in [9.17, 15) is 22.7 Å². The van der Waals surface area contributed by atoms with E-state index >= 15 is 0 Å². The molecule has 4 atom stereocenters. The Bertz CT molecular complexity index is 550. The highest BCUT2D eigenvalue weighted by Crippen LogP contribution is 2.36. The van der Waals surface area contributed by atoms with Crippen molar-refractivity contribution >= 4 is 0 Å². The molecule has 2 rings (SSSR count). The lowest BCUT2D eigenvalue weighted by atomic mass is 9.90. The molecule has 0 heterocycles. The van der Waals surface area contributed by atoms with Crippen molar-refractivity contribution in [3.8, 4) is 0 Å². The Kier molecular flexibility index (Phi) is 6.22. The van der Waals surface area contributed by atoms with Gasteiger partial charge in [0.05, 0.1) is 5.56 Å². The molecule has 0 aromatic heterocycles. The normalized spacial score (nSPS) is 25.9. The van der Waals surface area contributed by atoms with Crippen molar-refractivity contribution in [3.05, 3.63) is 35.1 Å². The zero-order valence-corrected chi connectivity index (χ0v) is 13.6. The lowest BCUT2D eigenvalue weighted by Crippen LogP contribution is -2.37.